The second-order valence-corrected chi connectivity index (χ2v) is 7.08. The van der Waals surface area contributed by atoms with Crippen molar-refractivity contribution in [2.45, 2.75) is 80.1 Å². The molecule has 0 aliphatic rings. The van der Waals surface area contributed by atoms with E-state index in [1.165, 1.54) is 11.1 Å². The van der Waals surface area contributed by atoms with Crippen LogP contribution in [0.4, 0.5) is 0 Å². The molecule has 0 aliphatic heterocycles. The molecule has 0 atom stereocenters. The van der Waals surface area contributed by atoms with Crippen LogP contribution in [0.25, 0.3) is 0 Å². The summed E-state index contributed by atoms with van der Waals surface area (Å²) >= 11 is 0. The van der Waals surface area contributed by atoms with Crippen LogP contribution in [0.5, 0.6) is 0 Å². The third kappa shape index (κ3) is 28.0. The molecule has 0 saturated heterocycles. The number of hydrogen-bond donors (Lipinski definition) is 0. The fourth-order valence-corrected chi connectivity index (χ4v) is 1.75. The van der Waals surface area contributed by atoms with Crippen LogP contribution < -0.4 is 0 Å². The maximum absolute atomic E-state index is 7.42. The summed E-state index contributed by atoms with van der Waals surface area (Å²) in [7, 11) is 0. The van der Waals surface area contributed by atoms with Crippen LogP contribution in [0.15, 0.2) is 60.6 Å². The Morgan fingerprint density at radius 3 is 1.07 bits per heavy atom. The third-order valence-corrected chi connectivity index (χ3v) is 3.16. The van der Waals surface area contributed by atoms with E-state index in [9.17, 15) is 0 Å². The van der Waals surface area contributed by atoms with Crippen molar-refractivity contribution in [1.82, 2.24) is 0 Å². The molecule has 2 aromatic carbocycles. The summed E-state index contributed by atoms with van der Waals surface area (Å²) in [6.45, 7) is 21.0. The predicted molar refractivity (Wildman–Crippen MR) is 117 cm³/mol. The first-order valence-electron chi connectivity index (χ1n) is 10.1. The van der Waals surface area contributed by atoms with E-state index in [2.05, 4.69) is 47.6 Å². The number of benzene rings is 2. The Labute approximate surface area is 269 Å². The van der Waals surface area contributed by atoms with Gasteiger partial charge in [0.05, 0.1) is 2.74 Å². The minimum absolute atomic E-state index is 0. The molecule has 0 aliphatic carbocycles. The van der Waals surface area contributed by atoms with Gasteiger partial charge in [0.25, 0.3) is 0 Å². The predicted octanol–water partition coefficient (Wildman–Crippen LogP) is 8.46. The van der Waals surface area contributed by atoms with E-state index in [4.69, 9.17) is 2.74 Å². The first-order chi connectivity index (χ1) is 12.0. The molecule has 0 heterocycles. The first kappa shape index (κ1) is 45.4. The monoisotopic (exact) mass is 650 g/mol. The van der Waals surface area contributed by atoms with Crippen LogP contribution in [0.2, 0.25) is 0 Å². The molecule has 6 heteroatoms. The van der Waals surface area contributed by atoms with Gasteiger partial charge >= 0.3 is 0 Å². The fraction of sp³-hybridized carbons (Fsp3) is 0.500. The molecule has 2 aromatic rings. The SMILES string of the molecule is CC.CC.[3H-].[3H-].[3H-].[3H-].[3H]c1ccc(C(C)(C)C)cc1.[3H]c1cccc(C(C)(C)C)c1.[V].[V].[V].[V].[V].[V]. The molecule has 0 amide bonds. The van der Waals surface area contributed by atoms with E-state index < -0.39 is 0 Å². The number of rotatable bonds is 0. The van der Waals surface area contributed by atoms with E-state index >= 15 is 0 Å². The Hall–Kier alpha value is 1.95. The molecule has 0 fully saturated rings. The quantitative estimate of drug-likeness (QED) is 0.269. The standard InChI is InChI=1S/2C10H14.2C2H6.6V.4H/c2*1-10(2,3)9-7-5-4-6-8-9;2*1-2;;;;;;;;;;/h2*4-8H,1-3H3;2*1-2H3;;;;;;;;;;/q;;;;;;;;;;4*-1/i5T;4T;;;;;;;;;4*1+2. The van der Waals surface area contributed by atoms with Crippen LogP contribution in [-0.4, -0.2) is 0 Å². The maximum Gasteiger partial charge on any atom is 0.0623 e. The van der Waals surface area contributed by atoms with Gasteiger partial charge in [-0.3, -0.25) is 0 Å². The van der Waals surface area contributed by atoms with Gasteiger partial charge in [0, 0.05) is 111 Å². The van der Waals surface area contributed by atoms with E-state index in [1.807, 2.05) is 64.1 Å². The zero-order valence-corrected chi connectivity index (χ0v) is 28.7. The molecule has 0 unspecified atom stereocenters. The van der Waals surface area contributed by atoms with Gasteiger partial charge in [-0.05, 0) is 22.0 Å². The van der Waals surface area contributed by atoms with E-state index in [-0.39, 0.29) is 128 Å². The minimum atomic E-state index is 0. The fourth-order valence-electron chi connectivity index (χ4n) is 1.75. The molecule has 30 heavy (non-hydrogen) atoms. The molecule has 0 N–H and O–H groups in total. The van der Waals surface area contributed by atoms with Crippen LogP contribution in [0, 0.1) is 0 Å². The average Bonchev–Trinajstić information content (AvgIpc) is 2.58. The van der Waals surface area contributed by atoms with Crippen molar-refractivity contribution < 1.29 is 120 Å². The Bertz CT molecular complexity index is 620. The summed E-state index contributed by atoms with van der Waals surface area (Å²) in [4.78, 5) is 0. The van der Waals surface area contributed by atoms with Gasteiger partial charge in [-0.15, -0.1) is 0 Å². The van der Waals surface area contributed by atoms with Crippen LogP contribution in [0.1, 0.15) is 88.8 Å². The molecule has 6 radical (unpaired) electrons. The van der Waals surface area contributed by atoms with Crippen molar-refractivity contribution in [2.75, 3.05) is 0 Å². The maximum atomic E-state index is 7.42. The van der Waals surface area contributed by atoms with Crippen molar-refractivity contribution in [1.29, 1.82) is 0 Å². The first-order valence-corrected chi connectivity index (χ1v) is 9.14. The summed E-state index contributed by atoms with van der Waals surface area (Å²) in [6, 6.07) is 16.6. The van der Waals surface area contributed by atoms with Crippen molar-refractivity contribution in [3.8, 4) is 0 Å². The second-order valence-electron chi connectivity index (χ2n) is 7.08. The zero-order chi connectivity index (χ0) is 21.0. The summed E-state index contributed by atoms with van der Waals surface area (Å²) in [5, 5.41) is 0. The van der Waals surface area contributed by atoms with Gasteiger partial charge in [-0.1, -0.05) is 130 Å². The third-order valence-electron chi connectivity index (χ3n) is 3.16. The minimum Gasteiger partial charge on any atom is -1.00 e. The van der Waals surface area contributed by atoms with Crippen molar-refractivity contribution in [3.05, 3.63) is 71.7 Å². The topological polar surface area (TPSA) is 0 Å². The second kappa shape index (κ2) is 30.9. The van der Waals surface area contributed by atoms with Gasteiger partial charge < -0.3 is 5.71 Å². The molecule has 0 saturated carbocycles. The van der Waals surface area contributed by atoms with E-state index in [1.54, 1.807) is 6.07 Å². The van der Waals surface area contributed by atoms with Gasteiger partial charge in [-0.25, -0.2) is 0 Å². The average molecular weight is 650 g/mol. The summed E-state index contributed by atoms with van der Waals surface area (Å²) in [5.41, 5.74) is 2.88. The molecular formula is C24H44V6-4. The van der Waals surface area contributed by atoms with Gasteiger partial charge in [0.15, 0.2) is 0 Å². The van der Waals surface area contributed by atoms with Gasteiger partial charge in [0.2, 0.25) is 0 Å². The van der Waals surface area contributed by atoms with Gasteiger partial charge in [-0.2, -0.15) is 0 Å². The van der Waals surface area contributed by atoms with Gasteiger partial charge in [0.1, 0.15) is 0 Å². The molecule has 0 spiro atoms. The summed E-state index contributed by atoms with van der Waals surface area (Å²) in [5.74, 6) is 0. The zero-order valence-electron chi connectivity index (χ0n) is 26.3. The Balaban J connectivity index is -0.0000000225. The number of hydrogen-bond acceptors (Lipinski definition) is 0. The summed E-state index contributed by atoms with van der Waals surface area (Å²) < 4.78 is 14.7. The molecule has 174 valence electrons. The van der Waals surface area contributed by atoms with Crippen molar-refractivity contribution in [3.63, 3.8) is 0 Å². The van der Waals surface area contributed by atoms with E-state index in [0.29, 0.717) is 12.1 Å². The molecule has 2 rings (SSSR count). The normalized spacial score (nSPS) is 9.00. The summed E-state index contributed by atoms with van der Waals surface area (Å²) in [6.07, 6.45) is 0. The molecule has 0 bridgehead atoms. The Morgan fingerprint density at radius 2 is 0.800 bits per heavy atom. The van der Waals surface area contributed by atoms with Crippen LogP contribution in [0.3, 0.4) is 0 Å². The molecule has 0 nitrogen and oxygen atoms in total. The Kier molecular flexibility index (Phi) is 46.9. The Morgan fingerprint density at radius 1 is 0.500 bits per heavy atom. The smallest absolute Gasteiger partial charge is 0.0623 e. The molecule has 0 aromatic heterocycles. The largest absolute Gasteiger partial charge is 1.00 e. The van der Waals surface area contributed by atoms with Crippen LogP contribution >= 0.6 is 0 Å². The molecular weight excluding hydrogens is 594 g/mol. The van der Waals surface area contributed by atoms with Crippen molar-refractivity contribution >= 4 is 0 Å². The van der Waals surface area contributed by atoms with Crippen molar-refractivity contribution in [2.24, 2.45) is 0 Å². The van der Waals surface area contributed by atoms with E-state index in [0.717, 1.165) is 0 Å². The van der Waals surface area contributed by atoms with Crippen LogP contribution in [-0.2, 0) is 122 Å².